The van der Waals surface area contributed by atoms with E-state index in [1.54, 1.807) is 0 Å². The van der Waals surface area contributed by atoms with Gasteiger partial charge in [-0.1, -0.05) is 19.7 Å². The van der Waals surface area contributed by atoms with Gasteiger partial charge in [0.2, 0.25) is 0 Å². The number of unbranched alkanes of at least 4 members (excludes halogenated alkanes) is 3. The van der Waals surface area contributed by atoms with Crippen LogP contribution in [0.15, 0.2) is 38.5 Å². The summed E-state index contributed by atoms with van der Waals surface area (Å²) >= 11 is 0. The van der Waals surface area contributed by atoms with E-state index in [9.17, 15) is 14.4 Å². The van der Waals surface area contributed by atoms with Gasteiger partial charge in [-0.3, -0.25) is 14.4 Å². The van der Waals surface area contributed by atoms with Crippen LogP contribution < -0.4 is 0 Å². The van der Waals surface area contributed by atoms with E-state index in [0.717, 1.165) is 12.8 Å². The van der Waals surface area contributed by atoms with Gasteiger partial charge >= 0.3 is 17.9 Å². The normalized spacial score (nSPS) is 18.8. The molecule has 3 atom stereocenters. The van der Waals surface area contributed by atoms with Crippen molar-refractivity contribution >= 4 is 17.9 Å². The molecule has 1 saturated carbocycles. The molecule has 204 valence electrons. The maximum Gasteiger partial charge on any atom is 0.309 e. The second-order valence-corrected chi connectivity index (χ2v) is 8.46. The van der Waals surface area contributed by atoms with Gasteiger partial charge in [0.25, 0.3) is 0 Å². The molecule has 0 spiro atoms. The Morgan fingerprint density at radius 1 is 0.556 bits per heavy atom. The highest BCUT2D eigenvalue weighted by Crippen LogP contribution is 2.36. The van der Waals surface area contributed by atoms with Crippen molar-refractivity contribution < 1.29 is 42.8 Å². The zero-order chi connectivity index (χ0) is 26.4. The molecule has 0 aromatic carbocycles. The molecule has 0 aromatic rings. The summed E-state index contributed by atoms with van der Waals surface area (Å²) in [4.78, 5) is 38.3. The van der Waals surface area contributed by atoms with Crippen molar-refractivity contribution in [2.75, 3.05) is 39.6 Å². The smallest absolute Gasteiger partial charge is 0.309 e. The van der Waals surface area contributed by atoms with E-state index in [0.29, 0.717) is 58.3 Å². The predicted octanol–water partition coefficient (Wildman–Crippen LogP) is 4.47. The number of carbonyl (C=O) groups excluding carboxylic acids is 3. The number of carbonyl (C=O) groups is 3. The largest absolute Gasteiger partial charge is 0.502 e. The molecule has 36 heavy (non-hydrogen) atoms. The molecule has 0 aliphatic heterocycles. The van der Waals surface area contributed by atoms with Crippen molar-refractivity contribution in [3.63, 3.8) is 0 Å². The van der Waals surface area contributed by atoms with Crippen LogP contribution >= 0.6 is 0 Å². The van der Waals surface area contributed by atoms with Gasteiger partial charge < -0.3 is 28.4 Å². The molecular formula is C27H42O9. The summed E-state index contributed by atoms with van der Waals surface area (Å²) in [5.74, 6) is -3.14. The fourth-order valence-corrected chi connectivity index (χ4v) is 3.89. The molecule has 0 N–H and O–H groups in total. The van der Waals surface area contributed by atoms with Crippen molar-refractivity contribution in [1.29, 1.82) is 0 Å². The summed E-state index contributed by atoms with van der Waals surface area (Å²) in [5, 5.41) is 0. The van der Waals surface area contributed by atoms with Crippen LogP contribution in [-0.4, -0.2) is 57.5 Å². The second kappa shape index (κ2) is 20.2. The van der Waals surface area contributed by atoms with Crippen LogP contribution in [-0.2, 0) is 42.8 Å². The predicted molar refractivity (Wildman–Crippen MR) is 133 cm³/mol. The standard InChI is InChI=1S/C27H42O9/c1-4-31-15-7-10-18-34-25(28)22-13-14-23(26(29)35-19-11-8-16-32-5-2)24(21-22)27(30)36-20-12-9-17-33-6-3/h4-6,22-24H,1-3,7-21H2. The molecule has 0 heterocycles. The molecule has 0 radical (unpaired) electrons. The lowest BCUT2D eigenvalue weighted by Gasteiger charge is -2.32. The summed E-state index contributed by atoms with van der Waals surface area (Å²) in [6.45, 7) is 12.7. The van der Waals surface area contributed by atoms with Gasteiger partial charge in [0.15, 0.2) is 0 Å². The minimum Gasteiger partial charge on any atom is -0.502 e. The lowest BCUT2D eigenvalue weighted by molar-refractivity contribution is -0.167. The zero-order valence-corrected chi connectivity index (χ0v) is 21.4. The summed E-state index contributed by atoms with van der Waals surface area (Å²) in [7, 11) is 0. The SMILES string of the molecule is C=COCCCCOC(=O)C1CCC(C(=O)OCCCCOC=C)C(C(=O)OCCCCOC=C)C1. The van der Waals surface area contributed by atoms with E-state index in [-0.39, 0.29) is 32.2 Å². The van der Waals surface area contributed by atoms with Crippen LogP contribution in [0.1, 0.15) is 57.8 Å². The topological polar surface area (TPSA) is 107 Å². The van der Waals surface area contributed by atoms with Gasteiger partial charge in [-0.25, -0.2) is 0 Å². The Labute approximate surface area is 214 Å². The zero-order valence-electron chi connectivity index (χ0n) is 21.4. The van der Waals surface area contributed by atoms with Gasteiger partial charge in [0.05, 0.1) is 76.2 Å². The maximum atomic E-state index is 12.9. The van der Waals surface area contributed by atoms with E-state index in [1.165, 1.54) is 18.8 Å². The minimum absolute atomic E-state index is 0.198. The average Bonchev–Trinajstić information content (AvgIpc) is 2.89. The van der Waals surface area contributed by atoms with E-state index < -0.39 is 29.7 Å². The first-order chi connectivity index (χ1) is 17.5. The molecule has 9 nitrogen and oxygen atoms in total. The molecule has 1 aliphatic rings. The molecule has 1 rings (SSSR count). The fraction of sp³-hybridized carbons (Fsp3) is 0.667. The van der Waals surface area contributed by atoms with Gasteiger partial charge in [0, 0.05) is 0 Å². The molecule has 0 aromatic heterocycles. The van der Waals surface area contributed by atoms with Crippen LogP contribution in [0.2, 0.25) is 0 Å². The number of rotatable bonds is 21. The van der Waals surface area contributed by atoms with Gasteiger partial charge in [-0.2, -0.15) is 0 Å². The quantitative estimate of drug-likeness (QED) is 0.0957. The number of esters is 3. The Bertz CT molecular complexity index is 676. The summed E-state index contributed by atoms with van der Waals surface area (Å²) in [6.07, 6.45) is 9.22. The number of hydrogen-bond donors (Lipinski definition) is 0. The fourth-order valence-electron chi connectivity index (χ4n) is 3.89. The Morgan fingerprint density at radius 2 is 0.944 bits per heavy atom. The lowest BCUT2D eigenvalue weighted by atomic mass is 9.74. The highest BCUT2D eigenvalue weighted by molar-refractivity contribution is 5.83. The Hall–Kier alpha value is -2.97. The molecule has 3 unspecified atom stereocenters. The number of hydrogen-bond acceptors (Lipinski definition) is 9. The summed E-state index contributed by atoms with van der Waals surface area (Å²) < 4.78 is 31.4. The first-order valence-electron chi connectivity index (χ1n) is 12.7. The number of ether oxygens (including phenoxy) is 6. The maximum absolute atomic E-state index is 12.9. The van der Waals surface area contributed by atoms with Crippen molar-refractivity contribution in [2.24, 2.45) is 17.8 Å². The first-order valence-corrected chi connectivity index (χ1v) is 12.7. The lowest BCUT2D eigenvalue weighted by Crippen LogP contribution is -2.40. The van der Waals surface area contributed by atoms with E-state index in [4.69, 9.17) is 28.4 Å². The third kappa shape index (κ3) is 13.2. The first kappa shape index (κ1) is 31.1. The highest BCUT2D eigenvalue weighted by atomic mass is 16.5. The summed E-state index contributed by atoms with van der Waals surface area (Å²) in [5.41, 5.74) is 0. The Balaban J connectivity index is 2.60. The van der Waals surface area contributed by atoms with Crippen LogP contribution in [0.25, 0.3) is 0 Å². The second-order valence-electron chi connectivity index (χ2n) is 8.46. The van der Waals surface area contributed by atoms with Gasteiger partial charge in [0.1, 0.15) is 0 Å². The summed E-state index contributed by atoms with van der Waals surface area (Å²) in [6, 6.07) is 0. The third-order valence-electron chi connectivity index (χ3n) is 5.85. The molecule has 1 aliphatic carbocycles. The van der Waals surface area contributed by atoms with Gasteiger partial charge in [-0.05, 0) is 57.8 Å². The molecular weight excluding hydrogens is 468 g/mol. The monoisotopic (exact) mass is 510 g/mol. The van der Waals surface area contributed by atoms with E-state index in [1.807, 2.05) is 0 Å². The van der Waals surface area contributed by atoms with Crippen LogP contribution in [0.3, 0.4) is 0 Å². The van der Waals surface area contributed by atoms with Crippen molar-refractivity contribution in [3.8, 4) is 0 Å². The van der Waals surface area contributed by atoms with Crippen LogP contribution in [0.4, 0.5) is 0 Å². The Morgan fingerprint density at radius 3 is 1.39 bits per heavy atom. The van der Waals surface area contributed by atoms with E-state index in [2.05, 4.69) is 19.7 Å². The minimum atomic E-state index is -0.752. The van der Waals surface area contributed by atoms with Crippen molar-refractivity contribution in [1.82, 2.24) is 0 Å². The van der Waals surface area contributed by atoms with Crippen molar-refractivity contribution in [2.45, 2.75) is 57.8 Å². The molecule has 0 bridgehead atoms. The highest BCUT2D eigenvalue weighted by Gasteiger charge is 2.43. The van der Waals surface area contributed by atoms with Crippen molar-refractivity contribution in [3.05, 3.63) is 38.5 Å². The third-order valence-corrected chi connectivity index (χ3v) is 5.85. The molecule has 1 fully saturated rings. The Kier molecular flexibility index (Phi) is 17.5. The van der Waals surface area contributed by atoms with Gasteiger partial charge in [-0.15, -0.1) is 0 Å². The molecule has 0 amide bonds. The van der Waals surface area contributed by atoms with Crippen LogP contribution in [0.5, 0.6) is 0 Å². The molecule has 9 heteroatoms. The van der Waals surface area contributed by atoms with E-state index >= 15 is 0 Å². The average molecular weight is 511 g/mol. The van der Waals surface area contributed by atoms with Crippen LogP contribution in [0, 0.1) is 17.8 Å². The molecule has 0 saturated heterocycles.